The summed E-state index contributed by atoms with van der Waals surface area (Å²) < 4.78 is 1.89. The summed E-state index contributed by atoms with van der Waals surface area (Å²) in [5.41, 5.74) is 3.85. The van der Waals surface area contributed by atoms with Crippen LogP contribution >= 0.6 is 12.4 Å². The molecule has 0 radical (unpaired) electrons. The minimum Gasteiger partial charge on any atom is -0.349 e. The molecule has 0 atom stereocenters. The maximum Gasteiger partial charge on any atom is 0.255 e. The van der Waals surface area contributed by atoms with Gasteiger partial charge in [-0.25, -0.2) is 4.68 Å². The third-order valence-corrected chi connectivity index (χ3v) is 4.55. The number of amides is 1. The third kappa shape index (κ3) is 4.41. The SMILES string of the molecule is Cc1ccc(-n2ncc(C(=O)NC3CCNCC3)c2C(C)C)cc1.Cl. The molecule has 3 rings (SSSR count). The van der Waals surface area contributed by atoms with Gasteiger partial charge in [0.2, 0.25) is 0 Å². The topological polar surface area (TPSA) is 59.0 Å². The van der Waals surface area contributed by atoms with Crippen LogP contribution in [0.4, 0.5) is 0 Å². The normalized spacial score (nSPS) is 15.0. The molecule has 1 saturated heterocycles. The van der Waals surface area contributed by atoms with Gasteiger partial charge in [-0.2, -0.15) is 5.10 Å². The van der Waals surface area contributed by atoms with Crippen molar-refractivity contribution in [3.8, 4) is 5.69 Å². The van der Waals surface area contributed by atoms with E-state index < -0.39 is 0 Å². The number of benzene rings is 1. The summed E-state index contributed by atoms with van der Waals surface area (Å²) >= 11 is 0. The number of hydrogen-bond donors (Lipinski definition) is 2. The van der Waals surface area contributed by atoms with Gasteiger partial charge in [0, 0.05) is 6.04 Å². The van der Waals surface area contributed by atoms with Gasteiger partial charge in [0.05, 0.1) is 23.1 Å². The summed E-state index contributed by atoms with van der Waals surface area (Å²) in [6.07, 6.45) is 3.66. The van der Waals surface area contributed by atoms with E-state index in [1.165, 1.54) is 5.56 Å². The highest BCUT2D eigenvalue weighted by Gasteiger charge is 2.23. The van der Waals surface area contributed by atoms with Gasteiger partial charge in [0.25, 0.3) is 5.91 Å². The second-order valence-corrected chi connectivity index (χ2v) is 6.84. The van der Waals surface area contributed by atoms with E-state index in [0.717, 1.165) is 37.3 Å². The van der Waals surface area contributed by atoms with Gasteiger partial charge in [-0.3, -0.25) is 4.79 Å². The van der Waals surface area contributed by atoms with Crippen LogP contribution < -0.4 is 10.6 Å². The van der Waals surface area contributed by atoms with Crippen LogP contribution in [0.2, 0.25) is 0 Å². The fourth-order valence-corrected chi connectivity index (χ4v) is 3.21. The van der Waals surface area contributed by atoms with Crippen LogP contribution in [0.3, 0.4) is 0 Å². The number of hydrogen-bond acceptors (Lipinski definition) is 3. The second kappa shape index (κ2) is 8.50. The first-order valence-corrected chi connectivity index (χ1v) is 8.73. The number of carbonyl (C=O) groups excluding carboxylic acids is 1. The fourth-order valence-electron chi connectivity index (χ4n) is 3.21. The zero-order valence-corrected chi connectivity index (χ0v) is 15.9. The Bertz CT molecular complexity index is 703. The molecule has 1 aromatic carbocycles. The first-order valence-electron chi connectivity index (χ1n) is 8.73. The van der Waals surface area contributed by atoms with Crippen LogP contribution in [0.25, 0.3) is 5.69 Å². The molecule has 0 bridgehead atoms. The monoisotopic (exact) mass is 362 g/mol. The average molecular weight is 363 g/mol. The van der Waals surface area contributed by atoms with E-state index in [9.17, 15) is 4.79 Å². The molecule has 1 fully saturated rings. The Labute approximate surface area is 155 Å². The van der Waals surface area contributed by atoms with Crippen molar-refractivity contribution in [1.29, 1.82) is 0 Å². The number of rotatable bonds is 4. The summed E-state index contributed by atoms with van der Waals surface area (Å²) in [6.45, 7) is 8.19. The Morgan fingerprint density at radius 3 is 2.48 bits per heavy atom. The number of nitrogens with one attached hydrogen (secondary N) is 2. The average Bonchev–Trinajstić information content (AvgIpc) is 3.02. The maximum atomic E-state index is 12.8. The van der Waals surface area contributed by atoms with Crippen LogP contribution in [0.15, 0.2) is 30.5 Å². The molecule has 1 aliphatic heterocycles. The summed E-state index contributed by atoms with van der Waals surface area (Å²) in [5.74, 6) is 0.200. The largest absolute Gasteiger partial charge is 0.349 e. The van der Waals surface area contributed by atoms with Gasteiger partial charge in [0.15, 0.2) is 0 Å². The number of piperidine rings is 1. The molecule has 1 aromatic heterocycles. The van der Waals surface area contributed by atoms with E-state index in [-0.39, 0.29) is 30.3 Å². The summed E-state index contributed by atoms with van der Waals surface area (Å²) in [4.78, 5) is 12.8. The molecule has 2 aromatic rings. The third-order valence-electron chi connectivity index (χ3n) is 4.55. The highest BCUT2D eigenvalue weighted by molar-refractivity contribution is 5.95. The minimum absolute atomic E-state index is 0. The molecule has 2 N–H and O–H groups in total. The van der Waals surface area contributed by atoms with Crippen molar-refractivity contribution >= 4 is 18.3 Å². The molecule has 2 heterocycles. The van der Waals surface area contributed by atoms with Gasteiger partial charge >= 0.3 is 0 Å². The molecule has 1 amide bonds. The zero-order valence-electron chi connectivity index (χ0n) is 15.1. The Morgan fingerprint density at radius 1 is 1.24 bits per heavy atom. The molecular formula is C19H27ClN4O. The van der Waals surface area contributed by atoms with E-state index in [1.807, 2.05) is 16.8 Å². The highest BCUT2D eigenvalue weighted by atomic mass is 35.5. The smallest absolute Gasteiger partial charge is 0.255 e. The van der Waals surface area contributed by atoms with Crippen molar-refractivity contribution in [2.45, 2.75) is 45.6 Å². The molecule has 1 aliphatic rings. The first-order chi connectivity index (χ1) is 11.6. The predicted molar refractivity (Wildman–Crippen MR) is 103 cm³/mol. The molecule has 136 valence electrons. The van der Waals surface area contributed by atoms with E-state index in [4.69, 9.17) is 0 Å². The molecule has 0 aliphatic carbocycles. The van der Waals surface area contributed by atoms with Crippen LogP contribution in [0.1, 0.15) is 54.2 Å². The lowest BCUT2D eigenvalue weighted by molar-refractivity contribution is 0.0928. The van der Waals surface area contributed by atoms with Crippen LogP contribution in [0, 0.1) is 6.92 Å². The van der Waals surface area contributed by atoms with Crippen LogP contribution in [-0.2, 0) is 0 Å². The first kappa shape index (κ1) is 19.5. The van der Waals surface area contributed by atoms with Gasteiger partial charge in [-0.1, -0.05) is 31.5 Å². The van der Waals surface area contributed by atoms with Gasteiger partial charge in [-0.15, -0.1) is 12.4 Å². The van der Waals surface area contributed by atoms with Crippen molar-refractivity contribution < 1.29 is 4.79 Å². The van der Waals surface area contributed by atoms with Crippen molar-refractivity contribution in [2.75, 3.05) is 13.1 Å². The summed E-state index contributed by atoms with van der Waals surface area (Å²) in [6, 6.07) is 8.47. The fraction of sp³-hybridized carbons (Fsp3) is 0.474. The highest BCUT2D eigenvalue weighted by Crippen LogP contribution is 2.23. The standard InChI is InChI=1S/C19H26N4O.ClH/c1-13(2)18-17(19(24)22-15-8-10-20-11-9-15)12-21-23(18)16-6-4-14(3)5-7-16;/h4-7,12-13,15,20H,8-11H2,1-3H3,(H,22,24);1H. The lowest BCUT2D eigenvalue weighted by atomic mass is 10.0. The lowest BCUT2D eigenvalue weighted by Crippen LogP contribution is -2.42. The van der Waals surface area contributed by atoms with E-state index in [1.54, 1.807) is 6.20 Å². The molecule has 6 heteroatoms. The molecule has 25 heavy (non-hydrogen) atoms. The summed E-state index contributed by atoms with van der Waals surface area (Å²) in [7, 11) is 0. The predicted octanol–water partition coefficient (Wildman–Crippen LogP) is 3.21. The van der Waals surface area contributed by atoms with E-state index >= 15 is 0 Å². The van der Waals surface area contributed by atoms with Crippen molar-refractivity contribution in [1.82, 2.24) is 20.4 Å². The summed E-state index contributed by atoms with van der Waals surface area (Å²) in [5, 5.41) is 11.0. The molecule has 0 saturated carbocycles. The number of carbonyl (C=O) groups is 1. The lowest BCUT2D eigenvalue weighted by Gasteiger charge is -2.24. The number of nitrogens with zero attached hydrogens (tertiary/aromatic N) is 2. The van der Waals surface area contributed by atoms with E-state index in [2.05, 4.69) is 48.6 Å². The van der Waals surface area contributed by atoms with Gasteiger partial charge < -0.3 is 10.6 Å². The Morgan fingerprint density at radius 2 is 1.88 bits per heavy atom. The molecular weight excluding hydrogens is 336 g/mol. The minimum atomic E-state index is -0.0102. The molecule has 0 spiro atoms. The Hall–Kier alpha value is -1.85. The van der Waals surface area contributed by atoms with Crippen LogP contribution in [0.5, 0.6) is 0 Å². The second-order valence-electron chi connectivity index (χ2n) is 6.84. The van der Waals surface area contributed by atoms with E-state index in [0.29, 0.717) is 5.56 Å². The number of halogens is 1. The Kier molecular flexibility index (Phi) is 6.62. The van der Waals surface area contributed by atoms with Crippen molar-refractivity contribution in [2.24, 2.45) is 0 Å². The quantitative estimate of drug-likeness (QED) is 0.878. The maximum absolute atomic E-state index is 12.8. The molecule has 0 unspecified atom stereocenters. The number of aryl methyl sites for hydroxylation is 1. The van der Waals surface area contributed by atoms with Gasteiger partial charge in [-0.05, 0) is 50.9 Å². The van der Waals surface area contributed by atoms with Crippen molar-refractivity contribution in [3.05, 3.63) is 47.3 Å². The molecule has 5 nitrogen and oxygen atoms in total. The zero-order chi connectivity index (χ0) is 17.1. The van der Waals surface area contributed by atoms with Crippen LogP contribution in [-0.4, -0.2) is 34.8 Å². The number of aromatic nitrogens is 2. The Balaban J connectivity index is 0.00000225. The van der Waals surface area contributed by atoms with Crippen molar-refractivity contribution in [3.63, 3.8) is 0 Å². The van der Waals surface area contributed by atoms with Gasteiger partial charge in [0.1, 0.15) is 0 Å².